The predicted octanol–water partition coefficient (Wildman–Crippen LogP) is 4.90. The average molecular weight is 364 g/mol. The maximum atomic E-state index is 14.6. The van der Waals surface area contributed by atoms with Crippen molar-refractivity contribution in [3.05, 3.63) is 59.4 Å². The fraction of sp³-hybridized carbons (Fsp3) is 0.238. The van der Waals surface area contributed by atoms with Gasteiger partial charge >= 0.3 is 0 Å². The van der Waals surface area contributed by atoms with E-state index in [1.165, 1.54) is 36.8 Å². The van der Waals surface area contributed by atoms with Crippen molar-refractivity contribution in [2.45, 2.75) is 19.3 Å². The first kappa shape index (κ1) is 17.2. The van der Waals surface area contributed by atoms with Crippen molar-refractivity contribution in [2.75, 3.05) is 18.0 Å². The number of aromatic amines is 1. The number of piperidine rings is 1. The maximum absolute atomic E-state index is 14.6. The minimum Gasteiger partial charge on any atom is -0.371 e. The summed E-state index contributed by atoms with van der Waals surface area (Å²) < 4.78 is 28.0. The van der Waals surface area contributed by atoms with E-state index in [0.29, 0.717) is 16.6 Å². The third-order valence-electron chi connectivity index (χ3n) is 4.82. The summed E-state index contributed by atoms with van der Waals surface area (Å²) in [5.41, 5.74) is 2.41. The normalized spacial score (nSPS) is 15.1. The third-order valence-corrected chi connectivity index (χ3v) is 4.82. The highest BCUT2D eigenvalue weighted by Gasteiger charge is 2.14. The third kappa shape index (κ3) is 3.54. The van der Waals surface area contributed by atoms with Crippen LogP contribution in [0, 0.1) is 23.0 Å². The van der Waals surface area contributed by atoms with Crippen molar-refractivity contribution in [1.29, 1.82) is 5.26 Å². The number of rotatable bonds is 3. The molecule has 0 bridgehead atoms. The number of imidazole rings is 1. The summed E-state index contributed by atoms with van der Waals surface area (Å²) in [6.07, 6.45) is 4.92. The van der Waals surface area contributed by atoms with Gasteiger partial charge in [0.2, 0.25) is 0 Å². The van der Waals surface area contributed by atoms with Crippen LogP contribution in [0.5, 0.6) is 0 Å². The van der Waals surface area contributed by atoms with Gasteiger partial charge in [-0.3, -0.25) is 0 Å². The smallest absolute Gasteiger partial charge is 0.149 e. The number of benzene rings is 2. The quantitative estimate of drug-likeness (QED) is 0.673. The number of hydrogen-bond acceptors (Lipinski definition) is 3. The Morgan fingerprint density at radius 2 is 1.93 bits per heavy atom. The minimum atomic E-state index is -0.389. The lowest BCUT2D eigenvalue weighted by Crippen LogP contribution is -2.29. The molecule has 0 aliphatic carbocycles. The second-order valence-electron chi connectivity index (χ2n) is 6.67. The highest BCUT2D eigenvalue weighted by molar-refractivity contribution is 5.90. The number of fused-ring (bicyclic) bond motifs is 1. The fourth-order valence-corrected chi connectivity index (χ4v) is 3.40. The fourth-order valence-electron chi connectivity index (χ4n) is 3.40. The molecule has 4 rings (SSSR count). The molecule has 0 spiro atoms. The average Bonchev–Trinajstić information content (AvgIpc) is 3.10. The number of nitriles is 1. The lowest BCUT2D eigenvalue weighted by Gasteiger charge is -2.28. The van der Waals surface area contributed by atoms with E-state index in [9.17, 15) is 14.0 Å². The van der Waals surface area contributed by atoms with Crippen LogP contribution in [-0.2, 0) is 0 Å². The second-order valence-corrected chi connectivity index (χ2v) is 6.67. The first-order valence-corrected chi connectivity index (χ1v) is 8.96. The Morgan fingerprint density at radius 1 is 1.11 bits per heavy atom. The van der Waals surface area contributed by atoms with E-state index in [1.807, 2.05) is 12.1 Å². The van der Waals surface area contributed by atoms with E-state index in [-0.39, 0.29) is 23.0 Å². The number of halogens is 2. The first-order valence-electron chi connectivity index (χ1n) is 8.96. The number of nitrogens with zero attached hydrogens (tertiary/aromatic N) is 3. The van der Waals surface area contributed by atoms with Crippen molar-refractivity contribution in [3.63, 3.8) is 0 Å². The molecule has 0 saturated carbocycles. The Morgan fingerprint density at radius 3 is 2.67 bits per heavy atom. The summed E-state index contributed by atoms with van der Waals surface area (Å²) in [6.45, 7) is 1.88. The highest BCUT2D eigenvalue weighted by Crippen LogP contribution is 2.25. The van der Waals surface area contributed by atoms with Gasteiger partial charge in [-0.15, -0.1) is 0 Å². The molecule has 6 heteroatoms. The van der Waals surface area contributed by atoms with E-state index in [0.717, 1.165) is 31.6 Å². The Kier molecular flexibility index (Phi) is 4.59. The standard InChI is InChI=1S/C21H18F2N4/c22-16-5-7-19-20(11-16)26-21(25-19)15(13-24)10-14-4-6-17(12-18(14)23)27-8-2-1-3-9-27/h4-7,10-12H,1-3,8-9H2,(H,25,26)/b15-10-. The van der Waals surface area contributed by atoms with Gasteiger partial charge in [-0.1, -0.05) is 0 Å². The van der Waals surface area contributed by atoms with E-state index in [2.05, 4.69) is 14.9 Å². The zero-order valence-corrected chi connectivity index (χ0v) is 14.7. The molecular formula is C21H18F2N4. The molecule has 0 unspecified atom stereocenters. The Hall–Kier alpha value is -3.20. The number of aromatic nitrogens is 2. The Balaban J connectivity index is 1.66. The van der Waals surface area contributed by atoms with Crippen molar-refractivity contribution in [3.8, 4) is 6.07 Å². The van der Waals surface area contributed by atoms with Crippen LogP contribution >= 0.6 is 0 Å². The van der Waals surface area contributed by atoms with Crippen molar-refractivity contribution in [2.24, 2.45) is 0 Å². The predicted molar refractivity (Wildman–Crippen MR) is 102 cm³/mol. The van der Waals surface area contributed by atoms with Gasteiger partial charge in [0.1, 0.15) is 23.5 Å². The van der Waals surface area contributed by atoms with E-state index >= 15 is 0 Å². The van der Waals surface area contributed by atoms with Gasteiger partial charge in [-0.05, 0) is 61.7 Å². The van der Waals surface area contributed by atoms with Crippen LogP contribution in [0.15, 0.2) is 36.4 Å². The lowest BCUT2D eigenvalue weighted by molar-refractivity contribution is 0.574. The van der Waals surface area contributed by atoms with Crippen LogP contribution in [-0.4, -0.2) is 23.1 Å². The van der Waals surface area contributed by atoms with Crippen LogP contribution in [0.25, 0.3) is 22.7 Å². The minimum absolute atomic E-state index is 0.191. The SMILES string of the molecule is N#C/C(=C/c1ccc(N2CCCCC2)cc1F)c1nc2ccc(F)cc2[nH]1. The zero-order chi connectivity index (χ0) is 18.8. The van der Waals surface area contributed by atoms with Crippen LogP contribution in [0.2, 0.25) is 0 Å². The second kappa shape index (κ2) is 7.20. The number of nitrogens with one attached hydrogen (secondary N) is 1. The van der Waals surface area contributed by atoms with Crippen molar-refractivity contribution >= 4 is 28.4 Å². The van der Waals surface area contributed by atoms with Gasteiger partial charge in [0.15, 0.2) is 0 Å². The summed E-state index contributed by atoms with van der Waals surface area (Å²) in [5.74, 6) is -0.481. The molecule has 0 atom stereocenters. The maximum Gasteiger partial charge on any atom is 0.149 e. The summed E-state index contributed by atoms with van der Waals surface area (Å²) in [4.78, 5) is 9.40. The summed E-state index contributed by atoms with van der Waals surface area (Å²) in [7, 11) is 0. The molecule has 1 saturated heterocycles. The number of allylic oxidation sites excluding steroid dienone is 1. The molecule has 3 aromatic rings. The highest BCUT2D eigenvalue weighted by atomic mass is 19.1. The van der Waals surface area contributed by atoms with Crippen LogP contribution in [0.4, 0.5) is 14.5 Å². The van der Waals surface area contributed by atoms with Crippen LogP contribution in [0.1, 0.15) is 30.7 Å². The molecule has 4 nitrogen and oxygen atoms in total. The van der Waals surface area contributed by atoms with E-state index in [1.54, 1.807) is 6.07 Å². The lowest BCUT2D eigenvalue weighted by atomic mass is 10.1. The molecule has 27 heavy (non-hydrogen) atoms. The van der Waals surface area contributed by atoms with Gasteiger partial charge in [0.05, 0.1) is 16.6 Å². The summed E-state index contributed by atoms with van der Waals surface area (Å²) >= 11 is 0. The van der Waals surface area contributed by atoms with Gasteiger partial charge in [0.25, 0.3) is 0 Å². The van der Waals surface area contributed by atoms with Gasteiger partial charge in [0, 0.05) is 24.3 Å². The molecule has 0 amide bonds. The largest absolute Gasteiger partial charge is 0.371 e. The molecule has 1 fully saturated rings. The van der Waals surface area contributed by atoms with E-state index in [4.69, 9.17) is 0 Å². The molecule has 1 aliphatic rings. The topological polar surface area (TPSA) is 55.7 Å². The van der Waals surface area contributed by atoms with E-state index < -0.39 is 0 Å². The number of anilines is 1. The van der Waals surface area contributed by atoms with Crippen molar-refractivity contribution < 1.29 is 8.78 Å². The van der Waals surface area contributed by atoms with Crippen molar-refractivity contribution in [1.82, 2.24) is 9.97 Å². The van der Waals surface area contributed by atoms with Gasteiger partial charge in [-0.25, -0.2) is 13.8 Å². The monoisotopic (exact) mass is 364 g/mol. The first-order chi connectivity index (χ1) is 13.1. The van der Waals surface area contributed by atoms with Crippen LogP contribution < -0.4 is 4.90 Å². The summed E-state index contributed by atoms with van der Waals surface area (Å²) in [5, 5.41) is 9.49. The van der Waals surface area contributed by atoms with Crippen LogP contribution in [0.3, 0.4) is 0 Å². The molecule has 2 aromatic carbocycles. The Bertz CT molecular complexity index is 1060. The molecule has 1 aliphatic heterocycles. The molecular weight excluding hydrogens is 346 g/mol. The molecule has 1 N–H and O–H groups in total. The number of hydrogen-bond donors (Lipinski definition) is 1. The molecule has 1 aromatic heterocycles. The molecule has 0 radical (unpaired) electrons. The van der Waals surface area contributed by atoms with Gasteiger partial charge in [-0.2, -0.15) is 5.26 Å². The summed E-state index contributed by atoms with van der Waals surface area (Å²) in [6, 6.07) is 11.3. The number of H-pyrrole nitrogens is 1. The molecule has 2 heterocycles. The Labute approximate surface area is 155 Å². The zero-order valence-electron chi connectivity index (χ0n) is 14.7. The molecule has 136 valence electrons. The van der Waals surface area contributed by atoms with Gasteiger partial charge < -0.3 is 9.88 Å².